The van der Waals surface area contributed by atoms with Crippen molar-refractivity contribution in [2.45, 2.75) is 29.0 Å². The number of hydrogen-bond acceptors (Lipinski definition) is 6. The number of benzene rings is 1. The van der Waals surface area contributed by atoms with Crippen LogP contribution in [0.3, 0.4) is 0 Å². The minimum absolute atomic E-state index is 0.00633. The first-order valence-corrected chi connectivity index (χ1v) is 8.65. The average molecular weight is 330 g/mol. The average Bonchev–Trinajstić information content (AvgIpc) is 3.18. The third-order valence-electron chi connectivity index (χ3n) is 4.46. The van der Waals surface area contributed by atoms with Gasteiger partial charge in [0.2, 0.25) is 6.39 Å². The van der Waals surface area contributed by atoms with Crippen LogP contribution in [0.25, 0.3) is 0 Å². The first kappa shape index (κ1) is 14.7. The predicted octanol–water partition coefficient (Wildman–Crippen LogP) is 2.04. The molecule has 7 heteroatoms. The maximum atomic E-state index is 12.4. The Morgan fingerprint density at radius 3 is 2.91 bits per heavy atom. The molecule has 4 rings (SSSR count). The number of carbonyl (C=O) groups excluding carboxylic acids is 1. The highest BCUT2D eigenvalue weighted by molar-refractivity contribution is 7.99. The molecule has 1 aromatic heterocycles. The fraction of sp³-hybridized carbons (Fsp3) is 0.438. The number of rotatable bonds is 4. The fourth-order valence-corrected chi connectivity index (χ4v) is 4.07. The summed E-state index contributed by atoms with van der Waals surface area (Å²) in [5.41, 5.74) is 0.688. The van der Waals surface area contributed by atoms with Crippen molar-refractivity contribution in [3.05, 3.63) is 36.2 Å². The molecule has 120 valence electrons. The number of nitrogens with one attached hydrogen (secondary N) is 1. The summed E-state index contributed by atoms with van der Waals surface area (Å²) < 4.78 is 5.10. The Balaban J connectivity index is 1.36. The molecule has 6 nitrogen and oxygen atoms in total. The van der Waals surface area contributed by atoms with E-state index in [1.54, 1.807) is 0 Å². The predicted molar refractivity (Wildman–Crippen MR) is 85.3 cm³/mol. The van der Waals surface area contributed by atoms with Crippen molar-refractivity contribution in [3.8, 4) is 0 Å². The van der Waals surface area contributed by atoms with E-state index in [1.165, 1.54) is 37.7 Å². The smallest absolute Gasteiger partial charge is 0.281 e. The summed E-state index contributed by atoms with van der Waals surface area (Å²) >= 11 is 1.38. The van der Waals surface area contributed by atoms with Gasteiger partial charge in [0.25, 0.3) is 11.1 Å². The minimum Gasteiger partial charge on any atom is -0.419 e. The Labute approximate surface area is 138 Å². The molecular formula is C16H18N4O2S. The van der Waals surface area contributed by atoms with Crippen molar-refractivity contribution in [1.29, 1.82) is 0 Å². The Morgan fingerprint density at radius 2 is 2.17 bits per heavy atom. The molecule has 2 aromatic rings. The minimum atomic E-state index is 0.00633. The number of aromatic nitrogens is 2. The van der Waals surface area contributed by atoms with Crippen LogP contribution in [-0.2, 0) is 0 Å². The first-order chi connectivity index (χ1) is 11.3. The summed E-state index contributed by atoms with van der Waals surface area (Å²) in [5.74, 6) is 0.758. The number of nitrogens with zero attached hydrogens (tertiary/aromatic N) is 3. The Kier molecular flexibility index (Phi) is 4.05. The van der Waals surface area contributed by atoms with E-state index in [4.69, 9.17) is 4.42 Å². The zero-order valence-electron chi connectivity index (χ0n) is 12.6. The molecular weight excluding hydrogens is 312 g/mol. The number of fused-ring (bicyclic) bond motifs is 2. The lowest BCUT2D eigenvalue weighted by molar-refractivity contribution is 0.0909. The summed E-state index contributed by atoms with van der Waals surface area (Å²) in [6, 6.07) is 7.75. The SMILES string of the molecule is O=C(N[C@@H]1C[C@H]2CCN(C2)C1)c1ccc(Sc2nnco2)cc1. The Hall–Kier alpha value is -1.86. The van der Waals surface area contributed by atoms with Gasteiger partial charge in [-0.05, 0) is 61.3 Å². The van der Waals surface area contributed by atoms with Crippen LogP contribution in [0.2, 0.25) is 0 Å². The van der Waals surface area contributed by atoms with Crippen molar-refractivity contribution in [3.63, 3.8) is 0 Å². The molecule has 2 aliphatic rings. The van der Waals surface area contributed by atoms with Crippen LogP contribution in [0.15, 0.2) is 45.2 Å². The molecule has 1 aromatic carbocycles. The molecule has 1 amide bonds. The maximum absolute atomic E-state index is 12.4. The molecule has 0 aliphatic carbocycles. The summed E-state index contributed by atoms with van der Waals surface area (Å²) in [5, 5.41) is 11.1. The zero-order chi connectivity index (χ0) is 15.6. The lowest BCUT2D eigenvalue weighted by Crippen LogP contribution is -2.47. The van der Waals surface area contributed by atoms with Crippen LogP contribution in [0.4, 0.5) is 0 Å². The highest BCUT2D eigenvalue weighted by atomic mass is 32.2. The standard InChI is InChI=1S/C16H18N4O2S/c21-15(18-13-7-11-5-6-20(8-11)9-13)12-1-3-14(4-2-12)23-16-19-17-10-22-16/h1-4,10-11,13H,5-9H2,(H,18,21)/t11-,13-/m1/s1. The van der Waals surface area contributed by atoms with Gasteiger partial charge in [0, 0.05) is 29.6 Å². The van der Waals surface area contributed by atoms with E-state index in [9.17, 15) is 4.79 Å². The molecule has 3 atom stereocenters. The second-order valence-electron chi connectivity index (χ2n) is 6.15. The Morgan fingerprint density at radius 1 is 1.30 bits per heavy atom. The van der Waals surface area contributed by atoms with Gasteiger partial charge in [0.15, 0.2) is 0 Å². The van der Waals surface area contributed by atoms with Crippen LogP contribution >= 0.6 is 11.8 Å². The molecule has 2 bridgehead atoms. The third-order valence-corrected chi connectivity index (χ3v) is 5.32. The van der Waals surface area contributed by atoms with Crippen LogP contribution in [0.5, 0.6) is 0 Å². The molecule has 1 N–H and O–H groups in total. The largest absolute Gasteiger partial charge is 0.419 e. The second-order valence-corrected chi connectivity index (χ2v) is 7.18. The number of piperidine rings is 1. The maximum Gasteiger partial charge on any atom is 0.281 e. The lowest BCUT2D eigenvalue weighted by Gasteiger charge is -2.30. The van der Waals surface area contributed by atoms with Crippen molar-refractivity contribution >= 4 is 17.7 Å². The molecule has 1 unspecified atom stereocenters. The van der Waals surface area contributed by atoms with Crippen molar-refractivity contribution in [1.82, 2.24) is 20.4 Å². The van der Waals surface area contributed by atoms with Crippen molar-refractivity contribution < 1.29 is 9.21 Å². The number of amides is 1. The van der Waals surface area contributed by atoms with Gasteiger partial charge in [0.1, 0.15) is 0 Å². The molecule has 23 heavy (non-hydrogen) atoms. The van der Waals surface area contributed by atoms with Gasteiger partial charge in [-0.2, -0.15) is 0 Å². The van der Waals surface area contributed by atoms with E-state index in [0.29, 0.717) is 10.8 Å². The normalized spacial score (nSPS) is 26.2. The highest BCUT2D eigenvalue weighted by Crippen LogP contribution is 2.27. The summed E-state index contributed by atoms with van der Waals surface area (Å²) in [7, 11) is 0. The monoisotopic (exact) mass is 330 g/mol. The van der Waals surface area contributed by atoms with Crippen LogP contribution in [0, 0.1) is 5.92 Å². The molecule has 0 saturated carbocycles. The molecule has 0 spiro atoms. The van der Waals surface area contributed by atoms with Gasteiger partial charge in [-0.3, -0.25) is 4.79 Å². The lowest BCUT2D eigenvalue weighted by atomic mass is 9.96. The van der Waals surface area contributed by atoms with Gasteiger partial charge < -0.3 is 14.6 Å². The molecule has 2 saturated heterocycles. The van der Waals surface area contributed by atoms with Crippen LogP contribution in [-0.4, -0.2) is 46.7 Å². The van der Waals surface area contributed by atoms with Crippen molar-refractivity contribution in [2.75, 3.05) is 19.6 Å². The van der Waals surface area contributed by atoms with E-state index in [1.807, 2.05) is 24.3 Å². The number of carbonyl (C=O) groups is 1. The van der Waals surface area contributed by atoms with Gasteiger partial charge >= 0.3 is 0 Å². The van der Waals surface area contributed by atoms with E-state index in [2.05, 4.69) is 20.4 Å². The van der Waals surface area contributed by atoms with Crippen LogP contribution in [0.1, 0.15) is 23.2 Å². The van der Waals surface area contributed by atoms with Gasteiger partial charge in [-0.25, -0.2) is 0 Å². The van der Waals surface area contributed by atoms with E-state index >= 15 is 0 Å². The van der Waals surface area contributed by atoms with Gasteiger partial charge in [-0.15, -0.1) is 10.2 Å². The Bertz CT molecular complexity index is 662. The quantitative estimate of drug-likeness (QED) is 0.925. The molecule has 0 radical (unpaired) electrons. The molecule has 3 heterocycles. The fourth-order valence-electron chi connectivity index (χ4n) is 3.42. The summed E-state index contributed by atoms with van der Waals surface area (Å²) in [6.07, 6.45) is 3.68. The molecule has 2 aliphatic heterocycles. The molecule has 2 fully saturated rings. The zero-order valence-corrected chi connectivity index (χ0v) is 13.5. The topological polar surface area (TPSA) is 71.3 Å². The highest BCUT2D eigenvalue weighted by Gasteiger charge is 2.32. The van der Waals surface area contributed by atoms with Crippen LogP contribution < -0.4 is 5.32 Å². The third kappa shape index (κ3) is 3.40. The van der Waals surface area contributed by atoms with E-state index < -0.39 is 0 Å². The second kappa shape index (κ2) is 6.33. The summed E-state index contributed by atoms with van der Waals surface area (Å²) in [6.45, 7) is 3.36. The van der Waals surface area contributed by atoms with Gasteiger partial charge in [-0.1, -0.05) is 0 Å². The first-order valence-electron chi connectivity index (χ1n) is 7.83. The van der Waals surface area contributed by atoms with E-state index in [-0.39, 0.29) is 11.9 Å². The van der Waals surface area contributed by atoms with E-state index in [0.717, 1.165) is 23.8 Å². The van der Waals surface area contributed by atoms with Crippen molar-refractivity contribution in [2.24, 2.45) is 5.92 Å². The number of hydrogen-bond donors (Lipinski definition) is 1. The van der Waals surface area contributed by atoms with Gasteiger partial charge in [0.05, 0.1) is 0 Å². The summed E-state index contributed by atoms with van der Waals surface area (Å²) in [4.78, 5) is 15.8.